The summed E-state index contributed by atoms with van der Waals surface area (Å²) in [7, 11) is 1.36. The van der Waals surface area contributed by atoms with E-state index in [1.807, 2.05) is 31.2 Å². The van der Waals surface area contributed by atoms with Crippen molar-refractivity contribution in [1.29, 1.82) is 0 Å². The number of carbonyl (C=O) groups is 2. The molecule has 0 aromatic heterocycles. The molecule has 0 spiro atoms. The van der Waals surface area contributed by atoms with Gasteiger partial charge in [-0.2, -0.15) is 0 Å². The normalized spacial score (nSPS) is 12.1. The first-order valence-corrected chi connectivity index (χ1v) is 13.1. The molecule has 1 rings (SSSR count). The number of hydrogen-bond acceptors (Lipinski definition) is 3. The zero-order valence-corrected chi connectivity index (χ0v) is 21.4. The number of methoxy groups -OCH3 is 1. The van der Waals surface area contributed by atoms with Crippen LogP contribution in [-0.2, 0) is 20.7 Å². The Labute approximate surface area is 202 Å². The van der Waals surface area contributed by atoms with Crippen LogP contribution in [-0.4, -0.2) is 25.0 Å². The van der Waals surface area contributed by atoms with Crippen molar-refractivity contribution in [1.82, 2.24) is 5.32 Å². The summed E-state index contributed by atoms with van der Waals surface area (Å²) < 4.78 is 4.88. The van der Waals surface area contributed by atoms with Gasteiger partial charge in [0.25, 0.3) is 0 Å². The second kappa shape index (κ2) is 19.4. The number of ether oxygens (including phenoxy) is 1. The molecule has 1 aromatic rings. The molecule has 0 fully saturated rings. The maximum absolute atomic E-state index is 12.3. The molecule has 186 valence electrons. The second-order valence-electron chi connectivity index (χ2n) is 9.17. The number of nitrogens with one attached hydrogen (secondary N) is 1. The minimum absolute atomic E-state index is 0.0739. The van der Waals surface area contributed by atoms with Crippen LogP contribution in [0.1, 0.15) is 108 Å². The molecular weight excluding hydrogens is 410 g/mol. The van der Waals surface area contributed by atoms with Crippen molar-refractivity contribution < 1.29 is 14.3 Å². The number of rotatable bonds is 19. The summed E-state index contributed by atoms with van der Waals surface area (Å²) in [6.07, 6.45) is 21.6. The Bertz CT molecular complexity index is 666. The van der Waals surface area contributed by atoms with E-state index in [1.165, 1.54) is 70.5 Å². The van der Waals surface area contributed by atoms with Crippen LogP contribution in [0.5, 0.6) is 0 Å². The first kappa shape index (κ1) is 28.9. The van der Waals surface area contributed by atoms with Crippen molar-refractivity contribution in [3.63, 3.8) is 0 Å². The van der Waals surface area contributed by atoms with Crippen LogP contribution in [0.4, 0.5) is 0 Å². The Morgan fingerprint density at radius 2 is 1.39 bits per heavy atom. The molecule has 1 amide bonds. The summed E-state index contributed by atoms with van der Waals surface area (Å²) in [6, 6.07) is 7.37. The Hall–Kier alpha value is -2.10. The maximum Gasteiger partial charge on any atom is 0.328 e. The summed E-state index contributed by atoms with van der Waals surface area (Å²) in [4.78, 5) is 24.4. The van der Waals surface area contributed by atoms with E-state index in [4.69, 9.17) is 4.74 Å². The summed E-state index contributed by atoms with van der Waals surface area (Å²) in [5.41, 5.74) is 2.18. The fraction of sp³-hybridized carbons (Fsp3) is 0.655. The van der Waals surface area contributed by atoms with Gasteiger partial charge in [-0.05, 0) is 44.6 Å². The van der Waals surface area contributed by atoms with Crippen molar-refractivity contribution in [3.8, 4) is 0 Å². The number of aryl methyl sites for hydroxylation is 1. The lowest BCUT2D eigenvalue weighted by atomic mass is 10.0. The summed E-state index contributed by atoms with van der Waals surface area (Å²) in [5.74, 6) is -0.469. The van der Waals surface area contributed by atoms with Gasteiger partial charge in [0.2, 0.25) is 5.91 Å². The number of carbonyl (C=O) groups excluding carboxylic acids is 2. The largest absolute Gasteiger partial charge is 0.467 e. The van der Waals surface area contributed by atoms with E-state index < -0.39 is 12.0 Å². The van der Waals surface area contributed by atoms with Crippen LogP contribution >= 0.6 is 0 Å². The Kier molecular flexibility index (Phi) is 17.0. The van der Waals surface area contributed by atoms with Gasteiger partial charge in [-0.3, -0.25) is 4.79 Å². The third kappa shape index (κ3) is 15.4. The number of esters is 1. The smallest absolute Gasteiger partial charge is 0.328 e. The van der Waals surface area contributed by atoms with Crippen molar-refractivity contribution >= 4 is 11.9 Å². The Morgan fingerprint density at radius 3 is 1.97 bits per heavy atom. The predicted octanol–water partition coefficient (Wildman–Crippen LogP) is 7.23. The average molecular weight is 458 g/mol. The van der Waals surface area contributed by atoms with E-state index in [0.29, 0.717) is 12.8 Å². The highest BCUT2D eigenvalue weighted by Crippen LogP contribution is 2.11. The fourth-order valence-electron chi connectivity index (χ4n) is 3.92. The monoisotopic (exact) mass is 457 g/mol. The topological polar surface area (TPSA) is 55.4 Å². The van der Waals surface area contributed by atoms with Gasteiger partial charge in [-0.15, -0.1) is 0 Å². The third-order valence-electron chi connectivity index (χ3n) is 6.05. The molecule has 4 heteroatoms. The van der Waals surface area contributed by atoms with Crippen LogP contribution in [0.3, 0.4) is 0 Å². The average Bonchev–Trinajstić information content (AvgIpc) is 2.82. The van der Waals surface area contributed by atoms with Crippen LogP contribution in [0.2, 0.25) is 0 Å². The van der Waals surface area contributed by atoms with Crippen molar-refractivity contribution in [3.05, 3.63) is 47.5 Å². The lowest BCUT2D eigenvalue weighted by Crippen LogP contribution is -2.43. The highest BCUT2D eigenvalue weighted by Gasteiger charge is 2.21. The first-order valence-electron chi connectivity index (χ1n) is 13.1. The third-order valence-corrected chi connectivity index (χ3v) is 6.05. The number of hydrogen-bond donors (Lipinski definition) is 1. The molecule has 1 atom stereocenters. The van der Waals surface area contributed by atoms with Gasteiger partial charge < -0.3 is 10.1 Å². The maximum atomic E-state index is 12.3. The molecule has 0 aliphatic heterocycles. The van der Waals surface area contributed by atoms with Crippen molar-refractivity contribution in [2.75, 3.05) is 7.11 Å². The van der Waals surface area contributed by atoms with E-state index >= 15 is 0 Å². The van der Waals surface area contributed by atoms with E-state index in [-0.39, 0.29) is 5.91 Å². The molecule has 0 unspecified atom stereocenters. The SMILES string of the molecule is CCCCCCCC/C=C\CCCCCCCC(=O)N[C@@H](Cc1ccc(C)cc1)C(=O)OC. The molecule has 0 saturated heterocycles. The van der Waals surface area contributed by atoms with Crippen LogP contribution < -0.4 is 5.32 Å². The molecule has 0 bridgehead atoms. The highest BCUT2D eigenvalue weighted by atomic mass is 16.5. The lowest BCUT2D eigenvalue weighted by Gasteiger charge is -2.17. The number of benzene rings is 1. The van der Waals surface area contributed by atoms with Crippen molar-refractivity contribution in [2.45, 2.75) is 116 Å². The van der Waals surface area contributed by atoms with Gasteiger partial charge in [0.05, 0.1) is 7.11 Å². The highest BCUT2D eigenvalue weighted by molar-refractivity contribution is 5.84. The lowest BCUT2D eigenvalue weighted by molar-refractivity contribution is -0.145. The molecule has 0 aliphatic carbocycles. The molecule has 33 heavy (non-hydrogen) atoms. The van der Waals surface area contributed by atoms with Gasteiger partial charge in [0, 0.05) is 12.8 Å². The van der Waals surface area contributed by atoms with Gasteiger partial charge in [-0.25, -0.2) is 4.79 Å². The summed E-state index contributed by atoms with van der Waals surface area (Å²) in [5, 5.41) is 2.86. The Morgan fingerprint density at radius 1 is 0.848 bits per heavy atom. The van der Waals surface area contributed by atoms with Gasteiger partial charge >= 0.3 is 5.97 Å². The number of amides is 1. The molecular formula is C29H47NO3. The van der Waals surface area contributed by atoms with E-state index in [1.54, 1.807) is 0 Å². The zero-order chi connectivity index (χ0) is 24.2. The van der Waals surface area contributed by atoms with Crippen LogP contribution in [0.15, 0.2) is 36.4 Å². The summed E-state index contributed by atoms with van der Waals surface area (Å²) in [6.45, 7) is 4.29. The minimum Gasteiger partial charge on any atom is -0.467 e. The Balaban J connectivity index is 2.09. The van der Waals surface area contributed by atoms with Gasteiger partial charge in [0.15, 0.2) is 0 Å². The van der Waals surface area contributed by atoms with E-state index in [2.05, 4.69) is 24.4 Å². The standard InChI is InChI=1S/C29H47NO3/c1-4-5-6-7-8-9-10-11-12-13-14-15-16-17-18-19-28(31)30-27(29(32)33-3)24-26-22-20-25(2)21-23-26/h11-12,20-23,27H,4-10,13-19,24H2,1-3H3,(H,30,31)/b12-11-/t27-/m0/s1. The zero-order valence-electron chi connectivity index (χ0n) is 21.4. The van der Waals surface area contributed by atoms with Gasteiger partial charge in [0.1, 0.15) is 6.04 Å². The molecule has 4 nitrogen and oxygen atoms in total. The second-order valence-corrected chi connectivity index (χ2v) is 9.17. The van der Waals surface area contributed by atoms with Crippen LogP contribution in [0.25, 0.3) is 0 Å². The molecule has 1 aromatic carbocycles. The van der Waals surface area contributed by atoms with Crippen molar-refractivity contribution in [2.24, 2.45) is 0 Å². The van der Waals surface area contributed by atoms with E-state index in [9.17, 15) is 9.59 Å². The predicted molar refractivity (Wildman–Crippen MR) is 138 cm³/mol. The van der Waals surface area contributed by atoms with E-state index in [0.717, 1.165) is 31.2 Å². The number of unbranched alkanes of at least 4 members (excludes halogenated alkanes) is 11. The first-order chi connectivity index (χ1) is 16.1. The summed E-state index contributed by atoms with van der Waals surface area (Å²) >= 11 is 0. The quantitative estimate of drug-likeness (QED) is 0.135. The molecule has 0 saturated carbocycles. The molecule has 0 radical (unpaired) electrons. The molecule has 0 aliphatic rings. The molecule has 1 N–H and O–H groups in total. The number of allylic oxidation sites excluding steroid dienone is 2. The minimum atomic E-state index is -0.631. The van der Waals surface area contributed by atoms with Gasteiger partial charge in [-0.1, -0.05) is 100 Å². The van der Waals surface area contributed by atoms with Crippen LogP contribution in [0, 0.1) is 6.92 Å². The molecule has 0 heterocycles. The fourth-order valence-corrected chi connectivity index (χ4v) is 3.92.